The molecule has 0 spiro atoms. The number of hydrogen-bond donors (Lipinski definition) is 0. The van der Waals surface area contributed by atoms with Gasteiger partial charge in [-0.1, -0.05) is 51.9 Å². The van der Waals surface area contributed by atoms with Crippen LogP contribution in [-0.4, -0.2) is 56.1 Å². The quantitative estimate of drug-likeness (QED) is 0.415. The van der Waals surface area contributed by atoms with Gasteiger partial charge in [-0.05, 0) is 0 Å². The first-order valence-electron chi connectivity index (χ1n) is 7.49. The van der Waals surface area contributed by atoms with Crippen LogP contribution in [0.5, 0.6) is 0 Å². The molecule has 0 aromatic carbocycles. The van der Waals surface area contributed by atoms with E-state index in [0.29, 0.717) is 0 Å². The van der Waals surface area contributed by atoms with Crippen LogP contribution in [0.25, 0.3) is 0 Å². The van der Waals surface area contributed by atoms with Gasteiger partial charge in [0.1, 0.15) is 0 Å². The molecule has 0 fully saturated rings. The van der Waals surface area contributed by atoms with E-state index >= 15 is 0 Å². The molecular weight excluding hydrogens is 462 g/mol. The predicted octanol–water partition coefficient (Wildman–Crippen LogP) is 5.88. The molecule has 0 aliphatic rings. The molecule has 0 rings (SSSR count). The normalized spacial score (nSPS) is 10.7. The van der Waals surface area contributed by atoms with Crippen LogP contribution in [0, 0.1) is 0 Å². The zero-order valence-electron chi connectivity index (χ0n) is 14.8. The SMILES string of the molecule is CC[Si][Si](CC)(CC)CC.[CH3][Sn]([CH3])[CH3].[CH3][Sn]([CH3])[CH3]. The molecule has 0 aromatic rings. The fourth-order valence-electron chi connectivity index (χ4n) is 1.50. The second kappa shape index (κ2) is 17.1. The predicted molar refractivity (Wildman–Crippen MR) is 100 cm³/mol. The molecule has 0 aliphatic carbocycles. The average molecular weight is 500 g/mol. The summed E-state index contributed by atoms with van der Waals surface area (Å²) in [6.45, 7) is 9.51. The minimum atomic E-state index is -0.690. The summed E-state index contributed by atoms with van der Waals surface area (Å²) in [6, 6.07) is 5.95. The van der Waals surface area contributed by atoms with E-state index in [-0.39, 0.29) is 0 Å². The third-order valence-electron chi connectivity index (χ3n) is 2.58. The van der Waals surface area contributed by atoms with E-state index in [1.165, 1.54) is 33.2 Å². The molecule has 4 radical (unpaired) electrons. The summed E-state index contributed by atoms with van der Waals surface area (Å²) in [6.07, 6.45) is 0. The van der Waals surface area contributed by atoms with E-state index in [1.807, 2.05) is 0 Å². The van der Waals surface area contributed by atoms with Crippen LogP contribution in [0.2, 0.25) is 53.8 Å². The number of hydrogen-bond acceptors (Lipinski definition) is 0. The first kappa shape index (κ1) is 25.0. The Morgan fingerprint density at radius 3 is 0.944 bits per heavy atom. The van der Waals surface area contributed by atoms with Crippen molar-refractivity contribution in [2.24, 2.45) is 0 Å². The Balaban J connectivity index is -0.000000233. The van der Waals surface area contributed by atoms with Gasteiger partial charge in [0, 0.05) is 16.6 Å². The Bertz CT molecular complexity index is 127. The minimum absolute atomic E-state index is 0.543. The van der Waals surface area contributed by atoms with E-state index in [0.717, 1.165) is 0 Å². The summed E-state index contributed by atoms with van der Waals surface area (Å²) >= 11 is -1.09. The van der Waals surface area contributed by atoms with Gasteiger partial charge < -0.3 is 0 Å². The van der Waals surface area contributed by atoms with Crippen molar-refractivity contribution in [3.05, 3.63) is 0 Å². The molecule has 0 atom stereocenters. The summed E-state index contributed by atoms with van der Waals surface area (Å²) in [5, 5.41) is 0. The monoisotopic (exact) mass is 502 g/mol. The summed E-state index contributed by atoms with van der Waals surface area (Å²) in [5.41, 5.74) is 0. The van der Waals surface area contributed by atoms with Gasteiger partial charge in [0.15, 0.2) is 0 Å². The van der Waals surface area contributed by atoms with Crippen LogP contribution in [0.3, 0.4) is 0 Å². The molecule has 0 nitrogen and oxygen atoms in total. The molecule has 0 bridgehead atoms. The molecule has 0 saturated carbocycles. The topological polar surface area (TPSA) is 0 Å². The van der Waals surface area contributed by atoms with Crippen LogP contribution in [0.15, 0.2) is 0 Å². The molecule has 4 heteroatoms. The van der Waals surface area contributed by atoms with Crippen LogP contribution < -0.4 is 0 Å². The van der Waals surface area contributed by atoms with Crippen molar-refractivity contribution in [1.82, 2.24) is 0 Å². The van der Waals surface area contributed by atoms with Gasteiger partial charge in [-0.2, -0.15) is 0 Å². The van der Waals surface area contributed by atoms with Crippen LogP contribution in [0.1, 0.15) is 27.7 Å². The van der Waals surface area contributed by atoms with Crippen molar-refractivity contribution < 1.29 is 0 Å². The molecule has 0 aliphatic heterocycles. The van der Waals surface area contributed by atoms with Crippen LogP contribution >= 0.6 is 0 Å². The van der Waals surface area contributed by atoms with Crippen molar-refractivity contribution in [2.45, 2.75) is 81.5 Å². The van der Waals surface area contributed by atoms with E-state index < -0.39 is 47.1 Å². The summed E-state index contributed by atoms with van der Waals surface area (Å²) < 4.78 is 0. The standard InChI is InChI=1S/C8H20Si2.6CH3.2Sn/c1-5-9-10(6-2,7-3)8-4;;;;;;;;/h5-8H2,1-4H3;6*1H3;;. The summed E-state index contributed by atoms with van der Waals surface area (Å²) in [4.78, 5) is 14.2. The first-order valence-corrected chi connectivity index (χ1v) is 29.4. The van der Waals surface area contributed by atoms with Crippen LogP contribution in [-0.2, 0) is 0 Å². The third-order valence-corrected chi connectivity index (χ3v) is 14.2. The third kappa shape index (κ3) is 23.1. The van der Waals surface area contributed by atoms with E-state index in [4.69, 9.17) is 0 Å². The molecule has 18 heavy (non-hydrogen) atoms. The van der Waals surface area contributed by atoms with Crippen molar-refractivity contribution in [3.63, 3.8) is 0 Å². The maximum atomic E-state index is 2.39. The Kier molecular flexibility index (Phi) is 23.7. The van der Waals surface area contributed by atoms with Crippen molar-refractivity contribution in [3.8, 4) is 0 Å². The first-order chi connectivity index (χ1) is 8.21. The fourth-order valence-corrected chi connectivity index (χ4v) is 9.00. The maximum absolute atomic E-state index is 2.39. The van der Waals surface area contributed by atoms with E-state index in [1.54, 1.807) is 0 Å². The second-order valence-electron chi connectivity index (χ2n) is 5.87. The van der Waals surface area contributed by atoms with Crippen molar-refractivity contribution in [2.75, 3.05) is 0 Å². The second-order valence-corrected chi connectivity index (χ2v) is 33.0. The zero-order chi connectivity index (χ0) is 15.2. The van der Waals surface area contributed by atoms with Gasteiger partial charge in [-0.25, -0.2) is 0 Å². The molecular formula is C14H38Si2Sn2. The Morgan fingerprint density at radius 2 is 0.889 bits per heavy atom. The molecule has 0 unspecified atom stereocenters. The van der Waals surface area contributed by atoms with E-state index in [9.17, 15) is 0 Å². The van der Waals surface area contributed by atoms with E-state index in [2.05, 4.69) is 57.3 Å². The Hall–Kier alpha value is 2.03. The van der Waals surface area contributed by atoms with Gasteiger partial charge >= 0.3 is 69.2 Å². The molecule has 0 aromatic heterocycles. The summed E-state index contributed by atoms with van der Waals surface area (Å²) in [5.74, 6) is 0. The Labute approximate surface area is 136 Å². The zero-order valence-corrected chi connectivity index (χ0v) is 22.5. The molecule has 110 valence electrons. The van der Waals surface area contributed by atoms with Gasteiger partial charge in [0.05, 0.1) is 0 Å². The van der Waals surface area contributed by atoms with Gasteiger partial charge in [-0.3, -0.25) is 0 Å². The summed E-state index contributed by atoms with van der Waals surface area (Å²) in [7, 11) is 0.626. The average Bonchev–Trinajstić information content (AvgIpc) is 2.25. The number of rotatable bonds is 5. The van der Waals surface area contributed by atoms with Crippen molar-refractivity contribution >= 4 is 56.1 Å². The van der Waals surface area contributed by atoms with Gasteiger partial charge in [-0.15, -0.1) is 0 Å². The fraction of sp³-hybridized carbons (Fsp3) is 1.00. The van der Waals surface area contributed by atoms with Gasteiger partial charge in [0.25, 0.3) is 0 Å². The Morgan fingerprint density at radius 1 is 0.667 bits per heavy atom. The molecule has 0 N–H and O–H groups in total. The van der Waals surface area contributed by atoms with Gasteiger partial charge in [0.2, 0.25) is 0 Å². The van der Waals surface area contributed by atoms with Crippen LogP contribution in [0.4, 0.5) is 0 Å². The molecule has 0 heterocycles. The molecule has 0 amide bonds. The van der Waals surface area contributed by atoms with Crippen molar-refractivity contribution in [1.29, 1.82) is 0 Å². The molecule has 0 saturated heterocycles.